The number of non-ortho nitro benzene ring substituents is 1. The van der Waals surface area contributed by atoms with Crippen LogP contribution < -0.4 is 5.32 Å². The molecule has 106 valence electrons. The minimum atomic E-state index is -0.392. The third kappa shape index (κ3) is 2.83. The molecule has 1 N–H and O–H groups in total. The number of aryl methyl sites for hydroxylation is 1. The molecule has 0 aliphatic carbocycles. The van der Waals surface area contributed by atoms with Crippen LogP contribution in [0.1, 0.15) is 30.0 Å². The summed E-state index contributed by atoms with van der Waals surface area (Å²) in [5, 5.41) is 24.1. The summed E-state index contributed by atoms with van der Waals surface area (Å²) in [5.74, 6) is 0. The van der Waals surface area contributed by atoms with Crippen LogP contribution in [0, 0.1) is 17.0 Å². The van der Waals surface area contributed by atoms with Gasteiger partial charge in [0, 0.05) is 17.7 Å². The van der Waals surface area contributed by atoms with E-state index in [1.54, 1.807) is 12.1 Å². The standard InChI is InChI=1S/C13H16N4O2S/c1-4-11(14-3)13-16-15-12(20-13)10-6-5-9(17(18)19)7-8(10)2/h5-7,11,14H,4H2,1-3H3. The summed E-state index contributed by atoms with van der Waals surface area (Å²) >= 11 is 1.52. The second-order valence-corrected chi connectivity index (χ2v) is 5.46. The minimum Gasteiger partial charge on any atom is -0.311 e. The molecule has 6 nitrogen and oxygen atoms in total. The van der Waals surface area contributed by atoms with Gasteiger partial charge in [0.05, 0.1) is 11.0 Å². The summed E-state index contributed by atoms with van der Waals surface area (Å²) in [6.45, 7) is 3.93. The van der Waals surface area contributed by atoms with Gasteiger partial charge in [-0.3, -0.25) is 10.1 Å². The molecule has 1 atom stereocenters. The van der Waals surface area contributed by atoms with Crippen molar-refractivity contribution in [2.45, 2.75) is 26.3 Å². The lowest BCUT2D eigenvalue weighted by Crippen LogP contribution is -2.14. The number of nitro groups is 1. The van der Waals surface area contributed by atoms with E-state index < -0.39 is 4.92 Å². The maximum absolute atomic E-state index is 10.7. The van der Waals surface area contributed by atoms with E-state index in [9.17, 15) is 10.1 Å². The Morgan fingerprint density at radius 2 is 2.20 bits per heavy atom. The first-order valence-electron chi connectivity index (χ1n) is 6.32. The average Bonchev–Trinajstić information content (AvgIpc) is 2.89. The molecule has 0 amide bonds. The Labute approximate surface area is 121 Å². The summed E-state index contributed by atoms with van der Waals surface area (Å²) < 4.78 is 0. The molecule has 1 unspecified atom stereocenters. The van der Waals surface area contributed by atoms with Crippen molar-refractivity contribution >= 4 is 17.0 Å². The number of hydrogen-bond acceptors (Lipinski definition) is 6. The zero-order valence-electron chi connectivity index (χ0n) is 11.6. The Morgan fingerprint density at radius 3 is 2.75 bits per heavy atom. The van der Waals surface area contributed by atoms with Crippen molar-refractivity contribution in [1.29, 1.82) is 0 Å². The number of rotatable bonds is 5. The van der Waals surface area contributed by atoms with Crippen LogP contribution >= 0.6 is 11.3 Å². The zero-order valence-corrected chi connectivity index (χ0v) is 12.4. The number of aromatic nitrogens is 2. The highest BCUT2D eigenvalue weighted by atomic mass is 32.1. The van der Waals surface area contributed by atoms with E-state index in [-0.39, 0.29) is 11.7 Å². The molecular formula is C13H16N4O2S. The molecule has 0 bridgehead atoms. The van der Waals surface area contributed by atoms with Gasteiger partial charge in [0.2, 0.25) is 0 Å². The largest absolute Gasteiger partial charge is 0.311 e. The molecule has 0 radical (unpaired) electrons. The molecule has 0 fully saturated rings. The minimum absolute atomic E-state index is 0.0950. The number of nitro benzene ring substituents is 1. The summed E-state index contributed by atoms with van der Waals surface area (Å²) in [4.78, 5) is 10.4. The fourth-order valence-corrected chi connectivity index (χ4v) is 3.11. The van der Waals surface area contributed by atoms with E-state index >= 15 is 0 Å². The van der Waals surface area contributed by atoms with Gasteiger partial charge in [-0.05, 0) is 32.0 Å². The van der Waals surface area contributed by atoms with Crippen molar-refractivity contribution in [2.75, 3.05) is 7.05 Å². The Hall–Kier alpha value is -1.86. The first kappa shape index (κ1) is 14.5. The fourth-order valence-electron chi connectivity index (χ4n) is 1.99. The van der Waals surface area contributed by atoms with E-state index in [1.807, 2.05) is 14.0 Å². The second-order valence-electron chi connectivity index (χ2n) is 4.45. The predicted octanol–water partition coefficient (Wildman–Crippen LogP) is 3.09. The van der Waals surface area contributed by atoms with Crippen molar-refractivity contribution in [3.63, 3.8) is 0 Å². The third-order valence-corrected chi connectivity index (χ3v) is 4.22. The Morgan fingerprint density at radius 1 is 1.45 bits per heavy atom. The van der Waals surface area contributed by atoms with Gasteiger partial charge in [-0.25, -0.2) is 0 Å². The van der Waals surface area contributed by atoms with Crippen molar-refractivity contribution in [3.8, 4) is 10.6 Å². The topological polar surface area (TPSA) is 81.0 Å². The van der Waals surface area contributed by atoms with Crippen molar-refractivity contribution in [1.82, 2.24) is 15.5 Å². The molecule has 1 aromatic heterocycles. The maximum Gasteiger partial charge on any atom is 0.269 e. The normalized spacial score (nSPS) is 12.3. The third-order valence-electron chi connectivity index (χ3n) is 3.15. The number of nitrogens with one attached hydrogen (secondary N) is 1. The monoisotopic (exact) mass is 292 g/mol. The second kappa shape index (κ2) is 6.06. The van der Waals surface area contributed by atoms with Crippen LogP contribution in [0.25, 0.3) is 10.6 Å². The van der Waals surface area contributed by atoms with Gasteiger partial charge in [0.15, 0.2) is 0 Å². The first-order chi connectivity index (χ1) is 9.56. The van der Waals surface area contributed by atoms with E-state index in [0.717, 1.165) is 27.6 Å². The molecule has 0 saturated heterocycles. The van der Waals surface area contributed by atoms with Crippen molar-refractivity contribution in [2.24, 2.45) is 0 Å². The molecule has 1 aromatic carbocycles. The predicted molar refractivity (Wildman–Crippen MR) is 78.8 cm³/mol. The molecule has 2 aromatic rings. The van der Waals surface area contributed by atoms with Crippen LogP contribution in [-0.2, 0) is 0 Å². The summed E-state index contributed by atoms with van der Waals surface area (Å²) in [6.07, 6.45) is 0.935. The van der Waals surface area contributed by atoms with Crippen LogP contribution in [0.4, 0.5) is 5.69 Å². The Bertz CT molecular complexity index is 623. The lowest BCUT2D eigenvalue weighted by molar-refractivity contribution is -0.384. The summed E-state index contributed by atoms with van der Waals surface area (Å²) in [7, 11) is 1.90. The Kier molecular flexibility index (Phi) is 4.41. The van der Waals surface area contributed by atoms with Crippen molar-refractivity contribution in [3.05, 3.63) is 38.9 Å². The zero-order chi connectivity index (χ0) is 14.7. The number of benzene rings is 1. The molecule has 1 heterocycles. The van der Waals surface area contributed by atoms with Crippen LogP contribution in [0.15, 0.2) is 18.2 Å². The molecule has 0 aliphatic rings. The average molecular weight is 292 g/mol. The van der Waals surface area contributed by atoms with Crippen LogP contribution in [0.3, 0.4) is 0 Å². The van der Waals surface area contributed by atoms with Crippen molar-refractivity contribution < 1.29 is 4.92 Å². The molecule has 20 heavy (non-hydrogen) atoms. The first-order valence-corrected chi connectivity index (χ1v) is 7.14. The Balaban J connectivity index is 2.35. The SMILES string of the molecule is CCC(NC)c1nnc(-c2ccc([N+](=O)[O-])cc2C)s1. The lowest BCUT2D eigenvalue weighted by atomic mass is 10.1. The molecule has 0 saturated carbocycles. The highest BCUT2D eigenvalue weighted by Gasteiger charge is 2.16. The molecule has 0 spiro atoms. The van der Waals surface area contributed by atoms with E-state index in [1.165, 1.54) is 17.4 Å². The lowest BCUT2D eigenvalue weighted by Gasteiger charge is -2.08. The maximum atomic E-state index is 10.7. The van der Waals surface area contributed by atoms with Gasteiger partial charge in [-0.2, -0.15) is 0 Å². The van der Waals surface area contributed by atoms with Gasteiger partial charge < -0.3 is 5.32 Å². The molecule has 2 rings (SSSR count). The highest BCUT2D eigenvalue weighted by molar-refractivity contribution is 7.14. The van der Waals surface area contributed by atoms with Crippen LogP contribution in [-0.4, -0.2) is 22.2 Å². The van der Waals surface area contributed by atoms with Gasteiger partial charge >= 0.3 is 0 Å². The fraction of sp³-hybridized carbons (Fsp3) is 0.385. The summed E-state index contributed by atoms with van der Waals surface area (Å²) in [6, 6.07) is 4.99. The smallest absolute Gasteiger partial charge is 0.269 e. The molecular weight excluding hydrogens is 276 g/mol. The van der Waals surface area contributed by atoms with Crippen LogP contribution in [0.2, 0.25) is 0 Å². The van der Waals surface area contributed by atoms with Gasteiger partial charge in [0.1, 0.15) is 10.0 Å². The quantitative estimate of drug-likeness (QED) is 0.676. The number of nitrogens with zero attached hydrogens (tertiary/aromatic N) is 3. The number of hydrogen-bond donors (Lipinski definition) is 1. The van der Waals surface area contributed by atoms with E-state index in [0.29, 0.717) is 0 Å². The summed E-state index contributed by atoms with van der Waals surface area (Å²) in [5.41, 5.74) is 1.82. The van der Waals surface area contributed by atoms with Gasteiger partial charge in [-0.15, -0.1) is 10.2 Å². The highest BCUT2D eigenvalue weighted by Crippen LogP contribution is 2.31. The van der Waals surface area contributed by atoms with E-state index in [4.69, 9.17) is 0 Å². The van der Waals surface area contributed by atoms with Gasteiger partial charge in [-0.1, -0.05) is 18.3 Å². The molecule has 0 aliphatic heterocycles. The van der Waals surface area contributed by atoms with Gasteiger partial charge in [0.25, 0.3) is 5.69 Å². The molecule has 7 heteroatoms. The van der Waals surface area contributed by atoms with Crippen LogP contribution in [0.5, 0.6) is 0 Å². The van der Waals surface area contributed by atoms with E-state index in [2.05, 4.69) is 22.4 Å².